The van der Waals surface area contributed by atoms with Gasteiger partial charge in [0.1, 0.15) is 5.75 Å². The molecule has 0 radical (unpaired) electrons. The Labute approximate surface area is 103 Å². The number of Topliss-reactive ketones (excluding diaryl/α,β-unsaturated/α-hetero) is 1. The van der Waals surface area contributed by atoms with Crippen molar-refractivity contribution in [1.29, 1.82) is 0 Å². The van der Waals surface area contributed by atoms with E-state index >= 15 is 0 Å². The average molecular weight is 232 g/mol. The van der Waals surface area contributed by atoms with E-state index in [0.717, 1.165) is 17.7 Å². The Balaban J connectivity index is 2.46. The van der Waals surface area contributed by atoms with Gasteiger partial charge in [0.05, 0.1) is 18.1 Å². The molecule has 0 bridgehead atoms. The summed E-state index contributed by atoms with van der Waals surface area (Å²) in [5.74, 6) is 0.922. The van der Waals surface area contributed by atoms with Crippen LogP contribution in [0.4, 0.5) is 0 Å². The fraction of sp³-hybridized carbons (Fsp3) is 0.533. The van der Waals surface area contributed by atoms with Crippen LogP contribution >= 0.6 is 0 Å². The van der Waals surface area contributed by atoms with Crippen LogP contribution in [0, 0.1) is 5.92 Å². The van der Waals surface area contributed by atoms with Gasteiger partial charge in [0, 0.05) is 0 Å². The third-order valence-corrected chi connectivity index (χ3v) is 3.85. The maximum absolute atomic E-state index is 12.1. The van der Waals surface area contributed by atoms with E-state index in [0.29, 0.717) is 6.61 Å². The molecule has 1 aliphatic rings. The number of fused-ring (bicyclic) bond motifs is 1. The van der Waals surface area contributed by atoms with Gasteiger partial charge < -0.3 is 4.74 Å². The third kappa shape index (κ3) is 2.08. The fourth-order valence-electron chi connectivity index (χ4n) is 2.03. The van der Waals surface area contributed by atoms with Crippen molar-refractivity contribution in [3.05, 3.63) is 29.3 Å². The van der Waals surface area contributed by atoms with E-state index in [4.69, 9.17) is 4.74 Å². The van der Waals surface area contributed by atoms with Gasteiger partial charge >= 0.3 is 0 Å². The Bertz CT molecular complexity index is 446. The minimum atomic E-state index is -0.0255. The van der Waals surface area contributed by atoms with E-state index in [9.17, 15) is 4.79 Å². The summed E-state index contributed by atoms with van der Waals surface area (Å²) in [5.41, 5.74) is 2.07. The molecule has 2 rings (SSSR count). The molecule has 1 heterocycles. The van der Waals surface area contributed by atoms with Gasteiger partial charge in [0.2, 0.25) is 0 Å². The molecule has 1 unspecified atom stereocenters. The van der Waals surface area contributed by atoms with Gasteiger partial charge in [-0.2, -0.15) is 0 Å². The van der Waals surface area contributed by atoms with Crippen molar-refractivity contribution in [3.8, 4) is 5.75 Å². The number of ketones is 1. The van der Waals surface area contributed by atoms with Crippen LogP contribution in [0.15, 0.2) is 18.2 Å². The van der Waals surface area contributed by atoms with Gasteiger partial charge in [-0.25, -0.2) is 0 Å². The van der Waals surface area contributed by atoms with Gasteiger partial charge in [-0.3, -0.25) is 4.79 Å². The second-order valence-electron chi connectivity index (χ2n) is 5.52. The summed E-state index contributed by atoms with van der Waals surface area (Å²) in [5, 5.41) is 0. The smallest absolute Gasteiger partial charge is 0.172 e. The Hall–Kier alpha value is -1.31. The van der Waals surface area contributed by atoms with Crippen molar-refractivity contribution in [3.63, 3.8) is 0 Å². The van der Waals surface area contributed by atoms with Crippen LogP contribution in [0.5, 0.6) is 5.75 Å². The number of rotatable bonds is 2. The predicted octanol–water partition coefficient (Wildman–Crippen LogP) is 3.59. The lowest BCUT2D eigenvalue weighted by Crippen LogP contribution is -2.26. The first kappa shape index (κ1) is 12.2. The van der Waals surface area contributed by atoms with Crippen molar-refractivity contribution in [2.45, 2.75) is 39.5 Å². The zero-order chi connectivity index (χ0) is 12.6. The lowest BCUT2D eigenvalue weighted by atomic mass is 9.80. The normalized spacial score (nSPS) is 19.8. The first-order valence-electron chi connectivity index (χ1n) is 6.27. The van der Waals surface area contributed by atoms with Crippen LogP contribution in [-0.4, -0.2) is 12.4 Å². The number of carbonyl (C=O) groups excluding carboxylic acids is 1. The molecule has 0 spiro atoms. The molecule has 92 valence electrons. The van der Waals surface area contributed by atoms with Crippen molar-refractivity contribution in [2.24, 2.45) is 5.92 Å². The van der Waals surface area contributed by atoms with Gasteiger partial charge in [0.25, 0.3) is 0 Å². The summed E-state index contributed by atoms with van der Waals surface area (Å²) in [6.45, 7) is 8.99. The quantitative estimate of drug-likeness (QED) is 0.779. The topological polar surface area (TPSA) is 26.3 Å². The summed E-state index contributed by atoms with van der Waals surface area (Å²) in [4.78, 5) is 12.1. The highest BCUT2D eigenvalue weighted by atomic mass is 16.5. The Morgan fingerprint density at radius 2 is 2.12 bits per heavy atom. The first-order valence-corrected chi connectivity index (χ1v) is 6.27. The molecular weight excluding hydrogens is 212 g/mol. The van der Waals surface area contributed by atoms with Crippen molar-refractivity contribution in [2.75, 3.05) is 6.61 Å². The van der Waals surface area contributed by atoms with E-state index in [-0.39, 0.29) is 17.1 Å². The van der Waals surface area contributed by atoms with Gasteiger partial charge in [-0.05, 0) is 29.5 Å². The number of ether oxygens (including phenoxy) is 1. The zero-order valence-electron chi connectivity index (χ0n) is 11.0. The highest BCUT2D eigenvalue weighted by molar-refractivity contribution is 6.01. The first-order chi connectivity index (χ1) is 7.95. The highest BCUT2D eigenvalue weighted by Crippen LogP contribution is 2.33. The molecule has 0 fully saturated rings. The lowest BCUT2D eigenvalue weighted by molar-refractivity contribution is 0.0848. The van der Waals surface area contributed by atoms with E-state index in [1.165, 1.54) is 5.56 Å². The second-order valence-corrected chi connectivity index (χ2v) is 5.52. The molecule has 2 nitrogen and oxygen atoms in total. The maximum Gasteiger partial charge on any atom is 0.172 e. The number of hydrogen-bond acceptors (Lipinski definition) is 2. The molecule has 17 heavy (non-hydrogen) atoms. The molecule has 0 amide bonds. The van der Waals surface area contributed by atoms with Gasteiger partial charge in [-0.1, -0.05) is 33.8 Å². The standard InChI is InChI=1S/C15H20O2/c1-5-15(3,4)11-6-7-13-12(8-11)14(16)10(2)9-17-13/h6-8,10H,5,9H2,1-4H3. The Morgan fingerprint density at radius 3 is 2.76 bits per heavy atom. The van der Waals surface area contributed by atoms with Gasteiger partial charge in [-0.15, -0.1) is 0 Å². The minimum Gasteiger partial charge on any atom is -0.492 e. The molecule has 1 aromatic carbocycles. The third-order valence-electron chi connectivity index (χ3n) is 3.85. The van der Waals surface area contributed by atoms with Crippen LogP contribution in [0.25, 0.3) is 0 Å². The lowest BCUT2D eigenvalue weighted by Gasteiger charge is -2.27. The summed E-state index contributed by atoms with van der Waals surface area (Å²) < 4.78 is 5.59. The summed E-state index contributed by atoms with van der Waals surface area (Å²) >= 11 is 0. The summed E-state index contributed by atoms with van der Waals surface area (Å²) in [6, 6.07) is 6.02. The number of hydrogen-bond donors (Lipinski definition) is 0. The van der Waals surface area contributed by atoms with E-state index < -0.39 is 0 Å². The molecule has 0 saturated carbocycles. The van der Waals surface area contributed by atoms with Crippen molar-refractivity contribution in [1.82, 2.24) is 0 Å². The largest absolute Gasteiger partial charge is 0.492 e. The fourth-order valence-corrected chi connectivity index (χ4v) is 2.03. The average Bonchev–Trinajstić information content (AvgIpc) is 2.33. The number of benzene rings is 1. The molecule has 1 aliphatic heterocycles. The zero-order valence-corrected chi connectivity index (χ0v) is 11.0. The van der Waals surface area contributed by atoms with Crippen LogP contribution in [0.1, 0.15) is 50.0 Å². The molecule has 0 aromatic heterocycles. The predicted molar refractivity (Wildman–Crippen MR) is 68.7 cm³/mol. The van der Waals surface area contributed by atoms with Gasteiger partial charge in [0.15, 0.2) is 5.78 Å². The van der Waals surface area contributed by atoms with E-state index in [1.54, 1.807) is 0 Å². The number of carbonyl (C=O) groups is 1. The molecule has 2 heteroatoms. The molecular formula is C15H20O2. The molecule has 0 N–H and O–H groups in total. The Morgan fingerprint density at radius 1 is 1.41 bits per heavy atom. The van der Waals surface area contributed by atoms with Crippen LogP contribution < -0.4 is 4.74 Å². The SMILES string of the molecule is CCC(C)(C)c1ccc2c(c1)C(=O)C(C)CO2. The summed E-state index contributed by atoms with van der Waals surface area (Å²) in [6.07, 6.45) is 1.05. The van der Waals surface area contributed by atoms with Crippen LogP contribution in [0.3, 0.4) is 0 Å². The molecule has 1 atom stereocenters. The summed E-state index contributed by atoms with van der Waals surface area (Å²) in [7, 11) is 0. The van der Waals surface area contributed by atoms with Crippen molar-refractivity contribution >= 4 is 5.78 Å². The molecule has 1 aromatic rings. The minimum absolute atomic E-state index is 0.0255. The monoisotopic (exact) mass is 232 g/mol. The van der Waals surface area contributed by atoms with Crippen molar-refractivity contribution < 1.29 is 9.53 Å². The Kier molecular flexibility index (Phi) is 2.98. The van der Waals surface area contributed by atoms with E-state index in [1.807, 2.05) is 19.1 Å². The van der Waals surface area contributed by atoms with Crippen LogP contribution in [0.2, 0.25) is 0 Å². The highest BCUT2D eigenvalue weighted by Gasteiger charge is 2.27. The van der Waals surface area contributed by atoms with Crippen LogP contribution in [-0.2, 0) is 5.41 Å². The second kappa shape index (κ2) is 4.17. The molecule has 0 aliphatic carbocycles. The van der Waals surface area contributed by atoms with E-state index in [2.05, 4.69) is 26.8 Å². The maximum atomic E-state index is 12.1. The molecule has 0 saturated heterocycles.